The van der Waals surface area contributed by atoms with Crippen molar-refractivity contribution in [1.29, 1.82) is 0 Å². The minimum Gasteiger partial charge on any atom is -0.507 e. The van der Waals surface area contributed by atoms with Crippen molar-refractivity contribution in [1.82, 2.24) is 4.98 Å². The number of Topliss-reactive ketones (excluding diaryl/α,β-unsaturated/α-hetero) is 1. The number of ether oxygens (including phenoxy) is 3. The third-order valence-electron chi connectivity index (χ3n) is 6.16. The molecule has 2 heterocycles. The molecule has 9 nitrogen and oxygen atoms in total. The number of carbonyl (C=O) groups excluding carboxylic acids is 3. The van der Waals surface area contributed by atoms with Crippen LogP contribution in [0, 0.1) is 13.8 Å². The predicted octanol–water partition coefficient (Wildman–Crippen LogP) is 5.14. The summed E-state index contributed by atoms with van der Waals surface area (Å²) in [6.45, 7) is 9.09. The highest BCUT2D eigenvalue weighted by Gasteiger charge is 2.49. The van der Waals surface area contributed by atoms with Crippen molar-refractivity contribution < 1.29 is 33.7 Å². The molecule has 1 aromatic heterocycles. The number of para-hydroxylation sites is 1. The Morgan fingerprint density at radius 1 is 1.21 bits per heavy atom. The monoisotopic (exact) mass is 548 g/mol. The smallest absolute Gasteiger partial charge is 0.350 e. The van der Waals surface area contributed by atoms with Crippen LogP contribution < -0.4 is 14.4 Å². The van der Waals surface area contributed by atoms with Crippen molar-refractivity contribution in [3.63, 3.8) is 0 Å². The molecular weight excluding hydrogens is 520 g/mol. The molecule has 1 aliphatic heterocycles. The fourth-order valence-electron chi connectivity index (χ4n) is 4.37. The van der Waals surface area contributed by atoms with E-state index < -0.39 is 23.7 Å². The van der Waals surface area contributed by atoms with E-state index in [1.54, 1.807) is 56.3 Å². The van der Waals surface area contributed by atoms with E-state index in [0.29, 0.717) is 40.5 Å². The van der Waals surface area contributed by atoms with Crippen LogP contribution >= 0.6 is 11.3 Å². The summed E-state index contributed by atoms with van der Waals surface area (Å²) in [6, 6.07) is 10.9. The molecule has 1 N–H and O–H groups in total. The molecule has 1 aliphatic rings. The maximum absolute atomic E-state index is 13.6. The van der Waals surface area contributed by atoms with Crippen LogP contribution in [0.3, 0.4) is 0 Å². The summed E-state index contributed by atoms with van der Waals surface area (Å²) < 4.78 is 16.3. The molecule has 0 unspecified atom stereocenters. The Hall–Kier alpha value is -4.44. The molecule has 1 fully saturated rings. The molecular formula is C29H28N2O7S. The Morgan fingerprint density at radius 3 is 2.62 bits per heavy atom. The average molecular weight is 549 g/mol. The number of anilines is 1. The summed E-state index contributed by atoms with van der Waals surface area (Å²) in [5.74, 6) is -1.72. The molecule has 0 radical (unpaired) electrons. The standard InChI is InChI=1S/C29H28N2O7S/c1-6-14-38-28(35)26-17(4)30-29(39-26)31-23(20-10-8-9-11-21(20)37-7-2)22(25(33)27(31)34)24(32)19-13-12-18(36-5)15-16(19)3/h6,8-13,15,23,32H,1,7,14H2,2-5H3/b24-22+/t23-/m1/s1. The number of hydrogen-bond acceptors (Lipinski definition) is 9. The Labute approximate surface area is 230 Å². The van der Waals surface area contributed by atoms with E-state index in [9.17, 15) is 19.5 Å². The van der Waals surface area contributed by atoms with Gasteiger partial charge in [-0.15, -0.1) is 0 Å². The van der Waals surface area contributed by atoms with E-state index in [1.165, 1.54) is 18.1 Å². The number of carbonyl (C=O) groups is 3. The lowest BCUT2D eigenvalue weighted by atomic mass is 9.93. The second kappa shape index (κ2) is 11.5. The first-order chi connectivity index (χ1) is 18.7. The number of methoxy groups -OCH3 is 1. The summed E-state index contributed by atoms with van der Waals surface area (Å²) in [5, 5.41) is 11.6. The van der Waals surface area contributed by atoms with E-state index in [4.69, 9.17) is 14.2 Å². The molecule has 4 rings (SSSR count). The molecule has 0 saturated carbocycles. The lowest BCUT2D eigenvalue weighted by molar-refractivity contribution is -0.132. The SMILES string of the molecule is C=CCOC(=O)c1sc(N2C(=O)C(=O)/C(=C(/O)c3ccc(OC)cc3C)[C@H]2c2ccccc2OCC)nc1C. The molecule has 0 spiro atoms. The maximum atomic E-state index is 13.6. The number of aryl methyl sites for hydroxylation is 2. The third-order valence-corrected chi connectivity index (χ3v) is 7.29. The number of amides is 1. The van der Waals surface area contributed by atoms with Gasteiger partial charge in [-0.1, -0.05) is 42.2 Å². The maximum Gasteiger partial charge on any atom is 0.350 e. The zero-order chi connectivity index (χ0) is 28.3. The molecule has 202 valence electrons. The minimum atomic E-state index is -1.07. The lowest BCUT2D eigenvalue weighted by Gasteiger charge is -2.25. The van der Waals surface area contributed by atoms with Crippen LogP contribution in [0.1, 0.15) is 45.0 Å². The fraction of sp³-hybridized carbons (Fsp3) is 0.241. The quantitative estimate of drug-likeness (QED) is 0.129. The Bertz CT molecular complexity index is 1490. The van der Waals surface area contributed by atoms with Crippen LogP contribution in [0.5, 0.6) is 11.5 Å². The van der Waals surface area contributed by atoms with Crippen molar-refractivity contribution in [3.8, 4) is 11.5 Å². The summed E-state index contributed by atoms with van der Waals surface area (Å²) in [7, 11) is 1.53. The highest BCUT2D eigenvalue weighted by atomic mass is 32.1. The molecule has 3 aromatic rings. The van der Waals surface area contributed by atoms with Crippen LogP contribution in [0.4, 0.5) is 5.13 Å². The molecule has 10 heteroatoms. The van der Waals surface area contributed by atoms with Crippen LogP contribution in [-0.2, 0) is 14.3 Å². The number of rotatable bonds is 9. The van der Waals surface area contributed by atoms with Crippen molar-refractivity contribution >= 4 is 39.9 Å². The number of thiazole rings is 1. The van der Waals surface area contributed by atoms with Crippen molar-refractivity contribution in [2.45, 2.75) is 26.8 Å². The summed E-state index contributed by atoms with van der Waals surface area (Å²) >= 11 is 0.928. The van der Waals surface area contributed by atoms with Crippen LogP contribution in [-0.4, -0.2) is 48.1 Å². The number of ketones is 1. The highest BCUT2D eigenvalue weighted by Crippen LogP contribution is 2.46. The average Bonchev–Trinajstić information content (AvgIpc) is 3.43. The summed E-state index contributed by atoms with van der Waals surface area (Å²) in [6.07, 6.45) is 1.44. The Morgan fingerprint density at radius 2 is 1.95 bits per heavy atom. The van der Waals surface area contributed by atoms with Crippen LogP contribution in [0.25, 0.3) is 5.76 Å². The molecule has 2 aromatic carbocycles. The number of benzene rings is 2. The van der Waals surface area contributed by atoms with E-state index in [2.05, 4.69) is 11.6 Å². The second-order valence-electron chi connectivity index (χ2n) is 8.62. The van der Waals surface area contributed by atoms with Crippen molar-refractivity contribution in [2.75, 3.05) is 25.2 Å². The first-order valence-corrected chi connectivity index (χ1v) is 13.0. The van der Waals surface area contributed by atoms with Gasteiger partial charge in [0.05, 0.1) is 25.0 Å². The van der Waals surface area contributed by atoms with E-state index in [0.717, 1.165) is 11.3 Å². The number of hydrogen-bond donors (Lipinski definition) is 1. The number of aliphatic hydroxyl groups excluding tert-OH is 1. The van der Waals surface area contributed by atoms with Crippen LogP contribution in [0.2, 0.25) is 0 Å². The van der Waals surface area contributed by atoms with Gasteiger partial charge in [0.15, 0.2) is 5.13 Å². The normalized spacial score (nSPS) is 16.3. The van der Waals surface area contributed by atoms with Gasteiger partial charge in [-0.05, 0) is 50.6 Å². The Balaban J connectivity index is 1.94. The Kier molecular flexibility index (Phi) is 8.15. The predicted molar refractivity (Wildman–Crippen MR) is 147 cm³/mol. The van der Waals surface area contributed by atoms with Gasteiger partial charge < -0.3 is 19.3 Å². The van der Waals surface area contributed by atoms with Crippen molar-refractivity contribution in [2.24, 2.45) is 0 Å². The van der Waals surface area contributed by atoms with Gasteiger partial charge in [0.1, 0.15) is 34.8 Å². The van der Waals surface area contributed by atoms with Gasteiger partial charge in [0.2, 0.25) is 0 Å². The highest BCUT2D eigenvalue weighted by molar-refractivity contribution is 7.17. The van der Waals surface area contributed by atoms with Crippen LogP contribution in [0.15, 0.2) is 60.7 Å². The summed E-state index contributed by atoms with van der Waals surface area (Å²) in [5.41, 5.74) is 1.72. The van der Waals surface area contributed by atoms with E-state index in [1.807, 2.05) is 6.92 Å². The number of aromatic nitrogens is 1. The van der Waals surface area contributed by atoms with Crippen molar-refractivity contribution in [3.05, 3.63) is 88.0 Å². The molecule has 1 saturated heterocycles. The molecule has 1 amide bonds. The number of aliphatic hydroxyl groups is 1. The zero-order valence-corrected chi connectivity index (χ0v) is 22.8. The topological polar surface area (TPSA) is 115 Å². The molecule has 39 heavy (non-hydrogen) atoms. The van der Waals surface area contributed by atoms with Gasteiger partial charge >= 0.3 is 11.9 Å². The third kappa shape index (κ3) is 5.15. The molecule has 0 bridgehead atoms. The molecule has 1 atom stereocenters. The van der Waals surface area contributed by atoms with Gasteiger partial charge in [-0.3, -0.25) is 14.5 Å². The lowest BCUT2D eigenvalue weighted by Crippen LogP contribution is -2.29. The number of nitrogens with zero attached hydrogens (tertiary/aromatic N) is 2. The van der Waals surface area contributed by atoms with Gasteiger partial charge in [-0.25, -0.2) is 9.78 Å². The largest absolute Gasteiger partial charge is 0.507 e. The van der Waals surface area contributed by atoms with E-state index in [-0.39, 0.29) is 27.9 Å². The fourth-order valence-corrected chi connectivity index (χ4v) is 5.35. The van der Waals surface area contributed by atoms with Gasteiger partial charge in [0, 0.05) is 11.1 Å². The minimum absolute atomic E-state index is 0.0129. The van der Waals surface area contributed by atoms with Gasteiger partial charge in [0.25, 0.3) is 5.78 Å². The molecule has 0 aliphatic carbocycles. The first kappa shape index (κ1) is 27.6. The zero-order valence-electron chi connectivity index (χ0n) is 22.0. The second-order valence-corrected chi connectivity index (χ2v) is 9.60. The van der Waals surface area contributed by atoms with Gasteiger partial charge in [-0.2, -0.15) is 0 Å². The number of esters is 1. The van der Waals surface area contributed by atoms with E-state index >= 15 is 0 Å². The first-order valence-electron chi connectivity index (χ1n) is 12.2. The summed E-state index contributed by atoms with van der Waals surface area (Å²) in [4.78, 5) is 45.5.